The van der Waals surface area contributed by atoms with E-state index >= 15 is 0 Å². The number of alkyl halides is 9. The topological polar surface area (TPSA) is 31.4 Å². The summed E-state index contributed by atoms with van der Waals surface area (Å²) in [4.78, 5) is 4.62. The maximum absolute atomic E-state index is 14.7. The maximum Gasteiger partial charge on any atom is 0.460 e. The van der Waals surface area contributed by atoms with Crippen LogP contribution >= 0.6 is 0 Å². The molecule has 1 atom stereocenters. The third-order valence-corrected chi connectivity index (χ3v) is 14.9. The average Bonchev–Trinajstić information content (AvgIpc) is 2.79. The average molecular weight is 628 g/mol. The lowest BCUT2D eigenvalue weighted by Crippen LogP contribution is -2.61. The number of halogens is 9. The van der Waals surface area contributed by atoms with Gasteiger partial charge in [0.2, 0.25) is 5.88 Å². The standard InChI is InChI=1S/C26H42F9NO2Si2/c1-11-12-20(19-15-21(39(8,9)10)36-22(37-7)18(19)6)38-40(16(2)3,17(4)5)14-13-23(27,28)24(29,30)25(31,32)26(33,34)35/h15-17,20H,11-14H2,1-10H3. The van der Waals surface area contributed by atoms with Gasteiger partial charge in [0.25, 0.3) is 0 Å². The summed E-state index contributed by atoms with van der Waals surface area (Å²) in [5, 5.41) is 0.802. The van der Waals surface area contributed by atoms with Crippen molar-refractivity contribution in [2.24, 2.45) is 0 Å². The second-order valence-electron chi connectivity index (χ2n) is 12.0. The molecule has 0 bridgehead atoms. The van der Waals surface area contributed by atoms with E-state index in [0.717, 1.165) is 5.32 Å². The molecule has 0 saturated heterocycles. The predicted molar refractivity (Wildman–Crippen MR) is 144 cm³/mol. The summed E-state index contributed by atoms with van der Waals surface area (Å²) in [7, 11) is -4.05. The van der Waals surface area contributed by atoms with Crippen LogP contribution in [0.15, 0.2) is 6.07 Å². The summed E-state index contributed by atoms with van der Waals surface area (Å²) in [6.07, 6.45) is -8.39. The van der Waals surface area contributed by atoms with E-state index in [1.54, 1.807) is 34.6 Å². The maximum atomic E-state index is 14.7. The molecule has 0 radical (unpaired) electrons. The Morgan fingerprint density at radius 1 is 0.875 bits per heavy atom. The van der Waals surface area contributed by atoms with Crippen molar-refractivity contribution in [3.05, 3.63) is 17.2 Å². The first-order chi connectivity index (χ1) is 17.8. The SMILES string of the molecule is CCCC(O[Si](CCC(F)(F)C(F)(F)C(F)(F)C(F)(F)F)(C(C)C)C(C)C)c1cc([Si](C)(C)C)nc(OC)c1C. The summed E-state index contributed by atoms with van der Waals surface area (Å²) >= 11 is 0. The lowest BCUT2D eigenvalue weighted by atomic mass is 10.0. The van der Waals surface area contributed by atoms with Gasteiger partial charge in [0.1, 0.15) is 8.07 Å². The largest absolute Gasteiger partial charge is 0.481 e. The van der Waals surface area contributed by atoms with Crippen molar-refractivity contribution in [2.45, 2.75) is 128 Å². The van der Waals surface area contributed by atoms with Crippen molar-refractivity contribution in [2.75, 3.05) is 7.11 Å². The van der Waals surface area contributed by atoms with E-state index in [1.165, 1.54) is 7.11 Å². The van der Waals surface area contributed by atoms with Crippen LogP contribution in [0, 0.1) is 6.92 Å². The van der Waals surface area contributed by atoms with Gasteiger partial charge in [-0.2, -0.15) is 39.5 Å². The van der Waals surface area contributed by atoms with Gasteiger partial charge in [0, 0.05) is 17.3 Å². The van der Waals surface area contributed by atoms with E-state index in [1.807, 2.05) is 13.0 Å². The molecule has 0 fully saturated rings. The highest BCUT2D eigenvalue weighted by atomic mass is 28.4. The summed E-state index contributed by atoms with van der Waals surface area (Å²) < 4.78 is 135. The molecule has 1 unspecified atom stereocenters. The molecule has 1 aromatic heterocycles. The van der Waals surface area contributed by atoms with Gasteiger partial charge in [-0.25, -0.2) is 4.98 Å². The predicted octanol–water partition coefficient (Wildman–Crippen LogP) is 9.43. The van der Waals surface area contributed by atoms with Gasteiger partial charge >= 0.3 is 23.9 Å². The Bertz CT molecular complexity index is 986. The highest BCUT2D eigenvalue weighted by molar-refractivity contribution is 6.88. The van der Waals surface area contributed by atoms with Crippen molar-refractivity contribution in [1.29, 1.82) is 0 Å². The molecule has 0 saturated carbocycles. The van der Waals surface area contributed by atoms with Crippen LogP contribution in [-0.4, -0.2) is 52.4 Å². The number of pyridine rings is 1. The van der Waals surface area contributed by atoms with Crippen LogP contribution in [0.3, 0.4) is 0 Å². The Morgan fingerprint density at radius 2 is 1.38 bits per heavy atom. The quantitative estimate of drug-likeness (QED) is 0.152. The molecule has 0 amide bonds. The van der Waals surface area contributed by atoms with E-state index in [2.05, 4.69) is 24.6 Å². The fourth-order valence-corrected chi connectivity index (χ4v) is 10.5. The molecular formula is C26H42F9NO2Si2. The highest BCUT2D eigenvalue weighted by Crippen LogP contribution is 2.55. The Hall–Kier alpha value is -1.29. The van der Waals surface area contributed by atoms with Crippen molar-refractivity contribution >= 4 is 21.7 Å². The Morgan fingerprint density at radius 3 is 1.75 bits per heavy atom. The second kappa shape index (κ2) is 12.5. The van der Waals surface area contributed by atoms with Crippen molar-refractivity contribution < 1.29 is 48.7 Å². The zero-order valence-electron chi connectivity index (χ0n) is 24.8. The normalized spacial score (nSPS) is 15.2. The summed E-state index contributed by atoms with van der Waals surface area (Å²) in [6.45, 7) is 16.5. The number of ether oxygens (including phenoxy) is 1. The Labute approximate surface area is 233 Å². The molecule has 1 rings (SSSR count). The van der Waals surface area contributed by atoms with Crippen molar-refractivity contribution in [1.82, 2.24) is 4.98 Å². The van der Waals surface area contributed by atoms with E-state index in [-0.39, 0.29) is 0 Å². The Balaban J connectivity index is 3.66. The Kier molecular flexibility index (Phi) is 11.5. The number of rotatable bonds is 14. The van der Waals surface area contributed by atoms with Crippen LogP contribution in [0.5, 0.6) is 5.88 Å². The summed E-state index contributed by atoms with van der Waals surface area (Å²) in [5.74, 6) is -18.8. The van der Waals surface area contributed by atoms with E-state index < -0.39 is 70.0 Å². The minimum atomic E-state index is -6.91. The second-order valence-corrected chi connectivity index (χ2v) is 22.0. The molecule has 40 heavy (non-hydrogen) atoms. The monoisotopic (exact) mass is 627 g/mol. The first-order valence-corrected chi connectivity index (χ1v) is 19.0. The van der Waals surface area contributed by atoms with E-state index in [4.69, 9.17) is 9.16 Å². The zero-order valence-corrected chi connectivity index (χ0v) is 26.8. The summed E-state index contributed by atoms with van der Waals surface area (Å²) in [6, 6.07) is 1.14. The molecule has 0 spiro atoms. The molecule has 0 aliphatic heterocycles. The fraction of sp³-hybridized carbons (Fsp3) is 0.808. The fourth-order valence-electron chi connectivity index (χ4n) is 4.82. The number of methoxy groups -OCH3 is 1. The smallest absolute Gasteiger partial charge is 0.460 e. The summed E-state index contributed by atoms with van der Waals surface area (Å²) in [5.41, 5.74) is 0.435. The first kappa shape index (κ1) is 36.7. The minimum absolute atomic E-state index is 0.363. The van der Waals surface area contributed by atoms with Crippen molar-refractivity contribution in [3.8, 4) is 5.88 Å². The van der Waals surface area contributed by atoms with Crippen LogP contribution < -0.4 is 10.1 Å². The molecular weight excluding hydrogens is 585 g/mol. The lowest BCUT2D eigenvalue weighted by molar-refractivity contribution is -0.396. The zero-order chi connectivity index (χ0) is 31.7. The number of hydrogen-bond acceptors (Lipinski definition) is 3. The van der Waals surface area contributed by atoms with Gasteiger partial charge in [-0.1, -0.05) is 60.7 Å². The molecule has 14 heteroatoms. The van der Waals surface area contributed by atoms with E-state index in [9.17, 15) is 39.5 Å². The molecule has 1 heterocycles. The lowest BCUT2D eigenvalue weighted by Gasteiger charge is -2.43. The van der Waals surface area contributed by atoms with Crippen LogP contribution in [0.1, 0.15) is 71.1 Å². The first-order valence-electron chi connectivity index (χ1n) is 13.3. The van der Waals surface area contributed by atoms with Gasteiger partial charge in [-0.15, -0.1) is 0 Å². The van der Waals surface area contributed by atoms with Gasteiger partial charge in [0.15, 0.2) is 8.32 Å². The van der Waals surface area contributed by atoms with Crippen LogP contribution in [0.4, 0.5) is 39.5 Å². The number of nitrogens with zero attached hydrogens (tertiary/aromatic N) is 1. The third kappa shape index (κ3) is 7.19. The minimum Gasteiger partial charge on any atom is -0.481 e. The molecule has 0 aliphatic carbocycles. The third-order valence-electron chi connectivity index (χ3n) is 7.48. The van der Waals surface area contributed by atoms with Crippen LogP contribution in [-0.2, 0) is 4.43 Å². The van der Waals surface area contributed by atoms with Gasteiger partial charge in [0.05, 0.1) is 13.2 Å². The molecule has 234 valence electrons. The molecule has 0 N–H and O–H groups in total. The number of hydrogen-bond donors (Lipinski definition) is 0. The molecule has 1 aromatic rings. The van der Waals surface area contributed by atoms with Crippen LogP contribution in [0.2, 0.25) is 36.8 Å². The molecule has 0 aromatic carbocycles. The van der Waals surface area contributed by atoms with Gasteiger partial charge < -0.3 is 9.16 Å². The van der Waals surface area contributed by atoms with E-state index in [0.29, 0.717) is 29.8 Å². The number of aromatic nitrogens is 1. The van der Waals surface area contributed by atoms with Gasteiger partial charge in [-0.3, -0.25) is 0 Å². The van der Waals surface area contributed by atoms with Crippen molar-refractivity contribution in [3.63, 3.8) is 0 Å². The van der Waals surface area contributed by atoms with Crippen LogP contribution in [0.25, 0.3) is 0 Å². The molecule has 3 nitrogen and oxygen atoms in total. The van der Waals surface area contributed by atoms with Gasteiger partial charge in [-0.05, 0) is 42.1 Å². The highest BCUT2D eigenvalue weighted by Gasteiger charge is 2.81. The molecule has 0 aliphatic rings.